The van der Waals surface area contributed by atoms with E-state index in [1.54, 1.807) is 24.3 Å². The Labute approximate surface area is 188 Å². The molecule has 0 aliphatic rings. The molecule has 0 heterocycles. The molecular formula is C21H30NO9P. The monoisotopic (exact) mass is 471 g/mol. The minimum absolute atomic E-state index is 0.386. The molecule has 0 saturated heterocycles. The number of anilines is 1. The number of ether oxygens (including phenoxy) is 6. The quantitative estimate of drug-likeness (QED) is 0.450. The second-order valence-corrected chi connectivity index (χ2v) is 8.65. The van der Waals surface area contributed by atoms with Crippen molar-refractivity contribution in [3.63, 3.8) is 0 Å². The molecule has 2 rings (SSSR count). The highest BCUT2D eigenvalue weighted by Gasteiger charge is 2.37. The molecule has 32 heavy (non-hydrogen) atoms. The summed E-state index contributed by atoms with van der Waals surface area (Å²) in [7, 11) is 7.93. The van der Waals surface area contributed by atoms with Gasteiger partial charge in [-0.1, -0.05) is 0 Å². The van der Waals surface area contributed by atoms with Gasteiger partial charge in [0.2, 0.25) is 11.5 Å². The van der Waals surface area contributed by atoms with E-state index in [9.17, 15) is 4.57 Å². The van der Waals surface area contributed by atoms with Crippen LogP contribution in [0.5, 0.6) is 34.5 Å². The summed E-state index contributed by atoms with van der Waals surface area (Å²) in [6, 6.07) is 6.70. The second kappa shape index (κ2) is 11.2. The van der Waals surface area contributed by atoms with Crippen LogP contribution >= 0.6 is 7.60 Å². The van der Waals surface area contributed by atoms with E-state index in [4.69, 9.17) is 37.5 Å². The molecule has 0 fully saturated rings. The molecule has 1 N–H and O–H groups in total. The molecule has 0 aromatic heterocycles. The van der Waals surface area contributed by atoms with E-state index in [1.165, 1.54) is 56.9 Å². The predicted molar refractivity (Wildman–Crippen MR) is 120 cm³/mol. The van der Waals surface area contributed by atoms with Crippen LogP contribution in [-0.2, 0) is 13.6 Å². The fourth-order valence-electron chi connectivity index (χ4n) is 3.21. The van der Waals surface area contributed by atoms with Crippen LogP contribution in [0.1, 0.15) is 11.3 Å². The number of benzene rings is 2. The third kappa shape index (κ3) is 4.98. The van der Waals surface area contributed by atoms with Gasteiger partial charge in [0, 0.05) is 32.0 Å². The van der Waals surface area contributed by atoms with Crippen molar-refractivity contribution in [1.29, 1.82) is 0 Å². The normalized spacial score (nSPS) is 12.0. The van der Waals surface area contributed by atoms with E-state index in [1.807, 2.05) is 0 Å². The Morgan fingerprint density at radius 2 is 1.00 bits per heavy atom. The molecule has 0 saturated carbocycles. The Morgan fingerprint density at radius 3 is 1.31 bits per heavy atom. The summed E-state index contributed by atoms with van der Waals surface area (Å²) in [5.74, 6) is 1.48. The summed E-state index contributed by atoms with van der Waals surface area (Å²) >= 11 is 0. The molecule has 0 radical (unpaired) electrons. The highest BCUT2D eigenvalue weighted by Crippen LogP contribution is 2.61. The Hall–Kier alpha value is -2.81. The first-order chi connectivity index (χ1) is 15.4. The van der Waals surface area contributed by atoms with Crippen molar-refractivity contribution in [3.05, 3.63) is 29.8 Å². The van der Waals surface area contributed by atoms with Crippen LogP contribution in [0, 0.1) is 0 Å². The first-order valence-electron chi connectivity index (χ1n) is 9.43. The van der Waals surface area contributed by atoms with Crippen LogP contribution < -0.4 is 33.7 Å². The molecule has 178 valence electrons. The molecule has 1 unspecified atom stereocenters. The number of nitrogens with one attached hydrogen (secondary N) is 1. The van der Waals surface area contributed by atoms with E-state index in [2.05, 4.69) is 5.32 Å². The Bertz CT molecular complexity index is 908. The first-order valence-corrected chi connectivity index (χ1v) is 11.0. The topological polar surface area (TPSA) is 103 Å². The van der Waals surface area contributed by atoms with Crippen molar-refractivity contribution < 1.29 is 42.0 Å². The lowest BCUT2D eigenvalue weighted by molar-refractivity contribution is 0.268. The van der Waals surface area contributed by atoms with Crippen LogP contribution in [-0.4, -0.2) is 56.9 Å². The largest absolute Gasteiger partial charge is 0.493 e. The van der Waals surface area contributed by atoms with Crippen molar-refractivity contribution in [2.75, 3.05) is 62.2 Å². The zero-order valence-corrected chi connectivity index (χ0v) is 20.4. The van der Waals surface area contributed by atoms with E-state index < -0.39 is 13.4 Å². The highest BCUT2D eigenvalue weighted by molar-refractivity contribution is 7.54. The standard InChI is InChI=1S/C21H30NO9P/c1-24-15-9-13(10-16(25-2)19(15)28-5)21(32(23,30-7)31-8)22-14-11-17(26-3)20(29-6)18(12-14)27-4/h9-12,21-22H,1-8H3. The molecule has 1 atom stereocenters. The lowest BCUT2D eigenvalue weighted by atomic mass is 10.1. The Balaban J connectivity index is 2.69. The van der Waals surface area contributed by atoms with Gasteiger partial charge in [0.1, 0.15) is 0 Å². The molecule has 11 heteroatoms. The molecule has 0 bridgehead atoms. The minimum atomic E-state index is -3.70. The molecule has 10 nitrogen and oxygen atoms in total. The van der Waals surface area contributed by atoms with Gasteiger partial charge >= 0.3 is 7.60 Å². The van der Waals surface area contributed by atoms with Gasteiger partial charge in [0.25, 0.3) is 0 Å². The van der Waals surface area contributed by atoms with Crippen molar-refractivity contribution in [2.24, 2.45) is 0 Å². The maximum atomic E-state index is 13.5. The summed E-state index contributed by atoms with van der Waals surface area (Å²) in [6.45, 7) is 0. The minimum Gasteiger partial charge on any atom is -0.493 e. The second-order valence-electron chi connectivity index (χ2n) is 6.32. The van der Waals surface area contributed by atoms with Gasteiger partial charge in [0.15, 0.2) is 28.8 Å². The molecule has 2 aromatic rings. The summed E-state index contributed by atoms with van der Waals surface area (Å²) in [4.78, 5) is 0. The average Bonchev–Trinajstić information content (AvgIpc) is 2.84. The lowest BCUT2D eigenvalue weighted by Gasteiger charge is -2.28. The number of rotatable bonds is 12. The van der Waals surface area contributed by atoms with E-state index >= 15 is 0 Å². The third-order valence-electron chi connectivity index (χ3n) is 4.80. The maximum absolute atomic E-state index is 13.5. The van der Waals surface area contributed by atoms with Crippen molar-refractivity contribution in [1.82, 2.24) is 0 Å². The fourth-order valence-corrected chi connectivity index (χ4v) is 4.60. The van der Waals surface area contributed by atoms with Crippen LogP contribution in [0.25, 0.3) is 0 Å². The molecular weight excluding hydrogens is 441 g/mol. The lowest BCUT2D eigenvalue weighted by Crippen LogP contribution is -2.14. The van der Waals surface area contributed by atoms with Crippen LogP contribution in [0.15, 0.2) is 24.3 Å². The van der Waals surface area contributed by atoms with Crippen LogP contribution in [0.2, 0.25) is 0 Å². The maximum Gasteiger partial charge on any atom is 0.356 e. The Morgan fingerprint density at radius 1 is 0.625 bits per heavy atom. The van der Waals surface area contributed by atoms with Crippen LogP contribution in [0.3, 0.4) is 0 Å². The predicted octanol–water partition coefficient (Wildman–Crippen LogP) is 4.33. The smallest absolute Gasteiger partial charge is 0.356 e. The van der Waals surface area contributed by atoms with Gasteiger partial charge in [-0.3, -0.25) is 4.57 Å². The van der Waals surface area contributed by atoms with Gasteiger partial charge in [0.05, 0.1) is 42.7 Å². The van der Waals surface area contributed by atoms with E-state index in [-0.39, 0.29) is 0 Å². The number of hydrogen-bond donors (Lipinski definition) is 1. The zero-order valence-electron chi connectivity index (χ0n) is 19.5. The van der Waals surface area contributed by atoms with Crippen molar-refractivity contribution in [3.8, 4) is 34.5 Å². The van der Waals surface area contributed by atoms with Gasteiger partial charge in [-0.2, -0.15) is 0 Å². The zero-order chi connectivity index (χ0) is 23.9. The molecule has 0 spiro atoms. The van der Waals surface area contributed by atoms with Gasteiger partial charge < -0.3 is 42.8 Å². The average molecular weight is 471 g/mol. The fraction of sp³-hybridized carbons (Fsp3) is 0.429. The number of hydrogen-bond acceptors (Lipinski definition) is 10. The van der Waals surface area contributed by atoms with E-state index in [0.29, 0.717) is 45.7 Å². The summed E-state index contributed by atoms with van der Waals surface area (Å²) in [5.41, 5.74) is 1.04. The van der Waals surface area contributed by atoms with Gasteiger partial charge in [-0.25, -0.2) is 0 Å². The van der Waals surface area contributed by atoms with Gasteiger partial charge in [-0.15, -0.1) is 0 Å². The van der Waals surface area contributed by atoms with Crippen LogP contribution in [0.4, 0.5) is 5.69 Å². The highest BCUT2D eigenvalue weighted by atomic mass is 31.2. The summed E-state index contributed by atoms with van der Waals surface area (Å²) in [6.07, 6.45) is 0. The summed E-state index contributed by atoms with van der Waals surface area (Å²) < 4.78 is 56.6. The van der Waals surface area contributed by atoms with E-state index in [0.717, 1.165) is 0 Å². The summed E-state index contributed by atoms with van der Waals surface area (Å²) in [5, 5.41) is 3.20. The van der Waals surface area contributed by atoms with Gasteiger partial charge in [-0.05, 0) is 17.7 Å². The van der Waals surface area contributed by atoms with Crippen molar-refractivity contribution in [2.45, 2.75) is 5.78 Å². The Kier molecular flexibility index (Phi) is 8.89. The number of methoxy groups -OCH3 is 6. The molecule has 2 aromatic carbocycles. The third-order valence-corrected chi connectivity index (χ3v) is 6.87. The molecule has 0 aliphatic heterocycles. The van der Waals surface area contributed by atoms with Crippen molar-refractivity contribution >= 4 is 13.3 Å². The SMILES string of the molecule is COc1cc(NC(c2cc(OC)c(OC)c(OC)c2)P(=O)(OC)OC)cc(OC)c1OC. The molecule has 0 aliphatic carbocycles. The molecule has 0 amide bonds. The first kappa shape index (κ1) is 25.5.